The van der Waals surface area contributed by atoms with Crippen LogP contribution in [0, 0.1) is 10.1 Å². The molecule has 0 amide bonds. The predicted octanol–water partition coefficient (Wildman–Crippen LogP) is 3.34. The van der Waals surface area contributed by atoms with E-state index in [9.17, 15) is 14.9 Å². The summed E-state index contributed by atoms with van der Waals surface area (Å²) in [7, 11) is 1.56. The van der Waals surface area contributed by atoms with Gasteiger partial charge in [0.05, 0.1) is 25.2 Å². The van der Waals surface area contributed by atoms with Gasteiger partial charge in [-0.2, -0.15) is 0 Å². The first kappa shape index (κ1) is 18.6. The van der Waals surface area contributed by atoms with Crippen LogP contribution in [-0.2, 0) is 4.74 Å². The molecule has 1 saturated heterocycles. The van der Waals surface area contributed by atoms with Gasteiger partial charge in [0.2, 0.25) is 0 Å². The molecule has 2 aromatic carbocycles. The first-order chi connectivity index (χ1) is 13.1. The van der Waals surface area contributed by atoms with Crippen LogP contribution in [0.4, 0.5) is 11.4 Å². The average molecular weight is 368 g/mol. The van der Waals surface area contributed by atoms with Gasteiger partial charge in [0.1, 0.15) is 11.4 Å². The van der Waals surface area contributed by atoms with Gasteiger partial charge in [-0.15, -0.1) is 0 Å². The van der Waals surface area contributed by atoms with Crippen molar-refractivity contribution in [3.05, 3.63) is 69.8 Å². The summed E-state index contributed by atoms with van der Waals surface area (Å²) in [5, 5.41) is 11.5. The number of hydrogen-bond acceptors (Lipinski definition) is 6. The Morgan fingerprint density at radius 2 is 1.89 bits per heavy atom. The van der Waals surface area contributed by atoms with Crippen molar-refractivity contribution >= 4 is 23.2 Å². The molecular weight excluding hydrogens is 348 g/mol. The molecule has 7 nitrogen and oxygen atoms in total. The van der Waals surface area contributed by atoms with Crippen molar-refractivity contribution in [1.29, 1.82) is 0 Å². The van der Waals surface area contributed by atoms with Crippen molar-refractivity contribution in [1.82, 2.24) is 0 Å². The number of carbonyl (C=O) groups excluding carboxylic acids is 1. The number of hydrogen-bond donors (Lipinski definition) is 0. The molecule has 7 heteroatoms. The third-order valence-electron chi connectivity index (χ3n) is 4.35. The summed E-state index contributed by atoms with van der Waals surface area (Å²) in [6, 6.07) is 11.8. The first-order valence-electron chi connectivity index (χ1n) is 8.56. The molecule has 27 heavy (non-hydrogen) atoms. The maximum Gasteiger partial charge on any atom is 0.293 e. The Morgan fingerprint density at radius 3 is 2.52 bits per heavy atom. The molecule has 0 radical (unpaired) electrons. The molecule has 1 aliphatic heterocycles. The molecule has 3 rings (SSSR count). The summed E-state index contributed by atoms with van der Waals surface area (Å²) in [6.45, 7) is 2.34. The normalized spacial score (nSPS) is 14.3. The molecule has 0 atom stereocenters. The van der Waals surface area contributed by atoms with Crippen LogP contribution in [0.25, 0.3) is 6.08 Å². The zero-order valence-corrected chi connectivity index (χ0v) is 15.0. The summed E-state index contributed by atoms with van der Waals surface area (Å²) < 4.78 is 10.4. The molecular formula is C20H20N2O5. The molecule has 0 saturated carbocycles. The molecule has 0 bridgehead atoms. The molecule has 0 spiro atoms. The second-order valence-electron chi connectivity index (χ2n) is 6.03. The quantitative estimate of drug-likeness (QED) is 0.337. The van der Waals surface area contributed by atoms with Crippen molar-refractivity contribution in [3.63, 3.8) is 0 Å². The molecule has 1 aliphatic rings. The minimum atomic E-state index is -0.395. The highest BCUT2D eigenvalue weighted by Crippen LogP contribution is 2.30. The lowest BCUT2D eigenvalue weighted by Gasteiger charge is -2.28. The number of anilines is 1. The Bertz CT molecular complexity index is 855. The third-order valence-corrected chi connectivity index (χ3v) is 4.35. The minimum absolute atomic E-state index is 0.0240. The number of ether oxygens (including phenoxy) is 2. The number of nitro groups is 1. The number of allylic oxidation sites excluding steroid dienone is 1. The van der Waals surface area contributed by atoms with Crippen molar-refractivity contribution in [2.45, 2.75) is 0 Å². The zero-order valence-electron chi connectivity index (χ0n) is 15.0. The molecule has 140 valence electrons. The number of methoxy groups -OCH3 is 1. The van der Waals surface area contributed by atoms with Gasteiger partial charge in [0.15, 0.2) is 5.78 Å². The van der Waals surface area contributed by atoms with Gasteiger partial charge in [0.25, 0.3) is 5.69 Å². The Kier molecular flexibility index (Phi) is 5.83. The standard InChI is InChI=1S/C20H20N2O5/c1-26-17-6-4-16(5-7-17)20(23)9-3-15-2-8-18(19(14-15)22(24)25)21-10-12-27-13-11-21/h2-9,14H,10-13H2,1H3/b9-3+. The number of ketones is 1. The Balaban J connectivity index is 1.79. The van der Waals surface area contributed by atoms with Crippen LogP contribution >= 0.6 is 0 Å². The van der Waals surface area contributed by atoms with Gasteiger partial charge in [-0.05, 0) is 42.0 Å². The smallest absolute Gasteiger partial charge is 0.293 e. The fourth-order valence-electron chi connectivity index (χ4n) is 2.89. The van der Waals surface area contributed by atoms with Crippen molar-refractivity contribution < 1.29 is 19.2 Å². The minimum Gasteiger partial charge on any atom is -0.497 e. The van der Waals surface area contributed by atoms with E-state index in [0.717, 1.165) is 0 Å². The Morgan fingerprint density at radius 1 is 1.19 bits per heavy atom. The van der Waals surface area contributed by atoms with E-state index in [1.54, 1.807) is 49.6 Å². The molecule has 0 N–H and O–H groups in total. The van der Waals surface area contributed by atoms with E-state index in [1.165, 1.54) is 12.1 Å². The summed E-state index contributed by atoms with van der Waals surface area (Å²) in [5.41, 5.74) is 1.71. The fraction of sp³-hybridized carbons (Fsp3) is 0.250. The van der Waals surface area contributed by atoms with Gasteiger partial charge in [0, 0.05) is 24.7 Å². The van der Waals surface area contributed by atoms with E-state index in [0.29, 0.717) is 48.9 Å². The lowest BCUT2D eigenvalue weighted by Crippen LogP contribution is -2.36. The van der Waals surface area contributed by atoms with E-state index in [1.807, 2.05) is 4.90 Å². The van der Waals surface area contributed by atoms with Crippen LogP contribution in [0.15, 0.2) is 48.5 Å². The van der Waals surface area contributed by atoms with Crippen molar-refractivity contribution in [2.24, 2.45) is 0 Å². The first-order valence-corrected chi connectivity index (χ1v) is 8.56. The monoisotopic (exact) mass is 368 g/mol. The topological polar surface area (TPSA) is 81.9 Å². The highest BCUT2D eigenvalue weighted by Gasteiger charge is 2.21. The van der Waals surface area contributed by atoms with E-state index < -0.39 is 4.92 Å². The third kappa shape index (κ3) is 4.51. The van der Waals surface area contributed by atoms with Crippen LogP contribution in [0.1, 0.15) is 15.9 Å². The zero-order chi connectivity index (χ0) is 19.2. The molecule has 1 fully saturated rings. The SMILES string of the molecule is COc1ccc(C(=O)/C=C/c2ccc(N3CCOCC3)c([N+](=O)[O-])c2)cc1. The van der Waals surface area contributed by atoms with Crippen LogP contribution in [0.5, 0.6) is 5.75 Å². The van der Waals surface area contributed by atoms with E-state index in [-0.39, 0.29) is 11.5 Å². The molecule has 1 heterocycles. The van der Waals surface area contributed by atoms with E-state index >= 15 is 0 Å². The maximum absolute atomic E-state index is 12.3. The number of morpholine rings is 1. The number of benzene rings is 2. The van der Waals surface area contributed by atoms with Crippen molar-refractivity contribution in [2.75, 3.05) is 38.3 Å². The highest BCUT2D eigenvalue weighted by molar-refractivity contribution is 6.06. The number of rotatable bonds is 6. The fourth-order valence-corrected chi connectivity index (χ4v) is 2.89. The van der Waals surface area contributed by atoms with Gasteiger partial charge in [-0.1, -0.05) is 12.1 Å². The van der Waals surface area contributed by atoms with Gasteiger partial charge in [-0.25, -0.2) is 0 Å². The average Bonchev–Trinajstić information content (AvgIpc) is 2.72. The molecule has 0 aliphatic carbocycles. The second kappa shape index (κ2) is 8.46. The number of carbonyl (C=O) groups is 1. The van der Waals surface area contributed by atoms with Gasteiger partial charge in [-0.3, -0.25) is 14.9 Å². The van der Waals surface area contributed by atoms with Crippen LogP contribution in [0.2, 0.25) is 0 Å². The van der Waals surface area contributed by atoms with Crippen LogP contribution in [0.3, 0.4) is 0 Å². The van der Waals surface area contributed by atoms with Crippen LogP contribution < -0.4 is 9.64 Å². The Labute approximate surface area is 157 Å². The van der Waals surface area contributed by atoms with E-state index in [4.69, 9.17) is 9.47 Å². The van der Waals surface area contributed by atoms with Gasteiger partial charge >= 0.3 is 0 Å². The molecule has 0 unspecified atom stereocenters. The lowest BCUT2D eigenvalue weighted by molar-refractivity contribution is -0.384. The largest absolute Gasteiger partial charge is 0.497 e. The summed E-state index contributed by atoms with van der Waals surface area (Å²) >= 11 is 0. The number of nitro benzene ring substituents is 1. The number of nitrogens with zero attached hydrogens (tertiary/aromatic N) is 2. The summed E-state index contributed by atoms with van der Waals surface area (Å²) in [6.07, 6.45) is 3.00. The molecule has 0 aromatic heterocycles. The Hall–Kier alpha value is -3.19. The van der Waals surface area contributed by atoms with Crippen molar-refractivity contribution in [3.8, 4) is 5.75 Å². The summed E-state index contributed by atoms with van der Waals surface area (Å²) in [4.78, 5) is 25.3. The maximum atomic E-state index is 12.3. The molecule has 2 aromatic rings. The lowest BCUT2D eigenvalue weighted by atomic mass is 10.1. The van der Waals surface area contributed by atoms with Gasteiger partial charge < -0.3 is 14.4 Å². The predicted molar refractivity (Wildman–Crippen MR) is 102 cm³/mol. The van der Waals surface area contributed by atoms with Crippen LogP contribution in [-0.4, -0.2) is 44.1 Å². The second-order valence-corrected chi connectivity index (χ2v) is 6.03. The summed E-state index contributed by atoms with van der Waals surface area (Å²) in [5.74, 6) is 0.488. The highest BCUT2D eigenvalue weighted by atomic mass is 16.6. The van der Waals surface area contributed by atoms with E-state index in [2.05, 4.69) is 0 Å².